The van der Waals surface area contributed by atoms with Gasteiger partial charge >= 0.3 is 0 Å². The Balaban J connectivity index is 1.74. The Hall–Kier alpha value is -0.980. The standard InChI is InChI=1S/C14H20N4S2/c1-2-10-13(11-9-19-14(15)17-11)20-12(16-10)5-8-18-6-3-4-7-18/h9H,2-8H2,1H3,(H2,15,17). The van der Waals surface area contributed by atoms with Gasteiger partial charge in [0.15, 0.2) is 5.13 Å². The van der Waals surface area contributed by atoms with E-state index >= 15 is 0 Å². The second-order valence-electron chi connectivity index (χ2n) is 5.11. The summed E-state index contributed by atoms with van der Waals surface area (Å²) in [7, 11) is 0. The van der Waals surface area contributed by atoms with Gasteiger partial charge in [0.1, 0.15) is 0 Å². The zero-order valence-electron chi connectivity index (χ0n) is 11.8. The van der Waals surface area contributed by atoms with Crippen LogP contribution < -0.4 is 5.73 Å². The number of likely N-dealkylation sites (tertiary alicyclic amines) is 1. The zero-order valence-corrected chi connectivity index (χ0v) is 13.4. The highest BCUT2D eigenvalue weighted by Gasteiger charge is 2.16. The molecule has 6 heteroatoms. The Morgan fingerprint density at radius 1 is 1.30 bits per heavy atom. The molecule has 3 heterocycles. The molecule has 1 fully saturated rings. The molecule has 0 saturated carbocycles. The lowest BCUT2D eigenvalue weighted by atomic mass is 10.2. The van der Waals surface area contributed by atoms with Crippen molar-refractivity contribution in [2.75, 3.05) is 25.4 Å². The first-order valence-corrected chi connectivity index (χ1v) is 8.88. The highest BCUT2D eigenvalue weighted by molar-refractivity contribution is 7.16. The van der Waals surface area contributed by atoms with Gasteiger partial charge in [-0.25, -0.2) is 9.97 Å². The second kappa shape index (κ2) is 6.20. The number of anilines is 1. The van der Waals surface area contributed by atoms with Crippen LogP contribution in [0.2, 0.25) is 0 Å². The number of thiazole rings is 2. The predicted molar refractivity (Wildman–Crippen MR) is 86.4 cm³/mol. The maximum Gasteiger partial charge on any atom is 0.180 e. The van der Waals surface area contributed by atoms with Crippen LogP contribution in [0.1, 0.15) is 30.5 Å². The van der Waals surface area contributed by atoms with Crippen LogP contribution in [0.4, 0.5) is 5.13 Å². The normalized spacial score (nSPS) is 16.1. The summed E-state index contributed by atoms with van der Waals surface area (Å²) >= 11 is 3.28. The quantitative estimate of drug-likeness (QED) is 0.922. The van der Waals surface area contributed by atoms with Crippen molar-refractivity contribution in [1.82, 2.24) is 14.9 Å². The first-order valence-electron chi connectivity index (χ1n) is 7.18. The number of nitrogens with zero attached hydrogens (tertiary/aromatic N) is 3. The van der Waals surface area contributed by atoms with Crippen molar-refractivity contribution in [2.24, 2.45) is 0 Å². The maximum atomic E-state index is 5.74. The summed E-state index contributed by atoms with van der Waals surface area (Å²) in [6.07, 6.45) is 4.70. The lowest BCUT2D eigenvalue weighted by Gasteiger charge is -2.12. The predicted octanol–water partition coefficient (Wildman–Crippen LogP) is 3.05. The fourth-order valence-electron chi connectivity index (χ4n) is 2.60. The Morgan fingerprint density at radius 2 is 2.10 bits per heavy atom. The number of aryl methyl sites for hydroxylation is 1. The molecule has 3 rings (SSSR count). The summed E-state index contributed by atoms with van der Waals surface area (Å²) in [5.74, 6) is 0. The van der Waals surface area contributed by atoms with Crippen molar-refractivity contribution in [3.8, 4) is 10.6 Å². The van der Waals surface area contributed by atoms with E-state index < -0.39 is 0 Å². The second-order valence-corrected chi connectivity index (χ2v) is 7.08. The van der Waals surface area contributed by atoms with E-state index in [9.17, 15) is 0 Å². The fourth-order valence-corrected chi connectivity index (χ4v) is 4.33. The number of nitrogens with two attached hydrogens (primary N) is 1. The Labute approximate surface area is 127 Å². The number of hydrogen-bond donors (Lipinski definition) is 1. The molecule has 108 valence electrons. The highest BCUT2D eigenvalue weighted by Crippen LogP contribution is 2.32. The van der Waals surface area contributed by atoms with Gasteiger partial charge in [-0.05, 0) is 32.4 Å². The van der Waals surface area contributed by atoms with Crippen LogP contribution in [0.3, 0.4) is 0 Å². The minimum atomic E-state index is 0.633. The van der Waals surface area contributed by atoms with Crippen molar-refractivity contribution in [1.29, 1.82) is 0 Å². The minimum absolute atomic E-state index is 0.633. The lowest BCUT2D eigenvalue weighted by molar-refractivity contribution is 0.343. The summed E-state index contributed by atoms with van der Waals surface area (Å²) in [4.78, 5) is 12.9. The smallest absolute Gasteiger partial charge is 0.180 e. The van der Waals surface area contributed by atoms with Crippen molar-refractivity contribution in [3.63, 3.8) is 0 Å². The van der Waals surface area contributed by atoms with Crippen LogP contribution in [0, 0.1) is 0 Å². The van der Waals surface area contributed by atoms with E-state index in [0.29, 0.717) is 5.13 Å². The molecule has 2 aromatic rings. The Kier molecular flexibility index (Phi) is 4.33. The van der Waals surface area contributed by atoms with Crippen LogP contribution in [0.5, 0.6) is 0 Å². The van der Waals surface area contributed by atoms with Crippen molar-refractivity contribution in [3.05, 3.63) is 16.1 Å². The third-order valence-corrected chi connectivity index (χ3v) is 5.53. The van der Waals surface area contributed by atoms with Crippen LogP contribution in [0.15, 0.2) is 5.38 Å². The molecule has 4 nitrogen and oxygen atoms in total. The van der Waals surface area contributed by atoms with Gasteiger partial charge in [0, 0.05) is 18.3 Å². The molecule has 2 N–H and O–H groups in total. The number of hydrogen-bond acceptors (Lipinski definition) is 6. The topological polar surface area (TPSA) is 55.0 Å². The zero-order chi connectivity index (χ0) is 13.9. The Morgan fingerprint density at radius 3 is 2.75 bits per heavy atom. The van der Waals surface area contributed by atoms with E-state index in [0.717, 1.165) is 30.8 Å². The summed E-state index contributed by atoms with van der Waals surface area (Å²) in [6.45, 7) is 5.79. The van der Waals surface area contributed by atoms with Crippen LogP contribution in [0.25, 0.3) is 10.6 Å². The molecule has 0 amide bonds. The number of rotatable bonds is 5. The molecule has 0 spiro atoms. The summed E-state index contributed by atoms with van der Waals surface area (Å²) < 4.78 is 0. The molecule has 2 aromatic heterocycles. The minimum Gasteiger partial charge on any atom is -0.375 e. The molecular formula is C14H20N4S2. The molecule has 20 heavy (non-hydrogen) atoms. The van der Waals surface area contributed by atoms with Gasteiger partial charge in [-0.1, -0.05) is 6.92 Å². The van der Waals surface area contributed by atoms with Gasteiger partial charge in [-0.15, -0.1) is 22.7 Å². The molecule has 0 radical (unpaired) electrons. The van der Waals surface area contributed by atoms with E-state index in [1.165, 1.54) is 47.2 Å². The van der Waals surface area contributed by atoms with Gasteiger partial charge < -0.3 is 10.6 Å². The van der Waals surface area contributed by atoms with E-state index in [1.807, 2.05) is 5.38 Å². The molecular weight excluding hydrogens is 288 g/mol. The summed E-state index contributed by atoms with van der Waals surface area (Å²) in [6, 6.07) is 0. The van der Waals surface area contributed by atoms with E-state index in [-0.39, 0.29) is 0 Å². The van der Waals surface area contributed by atoms with Gasteiger partial charge in [-0.2, -0.15) is 0 Å². The van der Waals surface area contributed by atoms with Gasteiger partial charge in [0.25, 0.3) is 0 Å². The lowest BCUT2D eigenvalue weighted by Crippen LogP contribution is -2.21. The van der Waals surface area contributed by atoms with Crippen LogP contribution >= 0.6 is 22.7 Å². The Bertz CT molecular complexity index is 569. The molecule has 0 atom stereocenters. The number of aromatic nitrogens is 2. The van der Waals surface area contributed by atoms with E-state index in [2.05, 4.69) is 16.8 Å². The van der Waals surface area contributed by atoms with E-state index in [4.69, 9.17) is 10.7 Å². The number of nitrogen functional groups attached to an aromatic ring is 1. The average Bonchev–Trinajstić information content (AvgIpc) is 3.16. The van der Waals surface area contributed by atoms with Gasteiger partial charge in [0.05, 0.1) is 21.3 Å². The van der Waals surface area contributed by atoms with Crippen molar-refractivity contribution in [2.45, 2.75) is 32.6 Å². The molecule has 0 bridgehead atoms. The largest absolute Gasteiger partial charge is 0.375 e. The monoisotopic (exact) mass is 308 g/mol. The molecule has 0 unspecified atom stereocenters. The van der Waals surface area contributed by atoms with Crippen molar-refractivity contribution >= 4 is 27.8 Å². The first kappa shape index (κ1) is 14.0. The average molecular weight is 308 g/mol. The molecule has 0 aromatic carbocycles. The van der Waals surface area contributed by atoms with Crippen LogP contribution in [-0.2, 0) is 12.8 Å². The summed E-state index contributed by atoms with van der Waals surface area (Å²) in [5, 5.41) is 3.90. The van der Waals surface area contributed by atoms with Gasteiger partial charge in [0.2, 0.25) is 0 Å². The summed E-state index contributed by atoms with van der Waals surface area (Å²) in [5.41, 5.74) is 7.90. The molecule has 1 aliphatic heterocycles. The first-order chi connectivity index (χ1) is 9.76. The van der Waals surface area contributed by atoms with Gasteiger partial charge in [-0.3, -0.25) is 0 Å². The highest BCUT2D eigenvalue weighted by atomic mass is 32.1. The maximum absolute atomic E-state index is 5.74. The third-order valence-electron chi connectivity index (χ3n) is 3.67. The SMILES string of the molecule is CCc1nc(CCN2CCCC2)sc1-c1csc(N)n1. The molecule has 0 aliphatic carbocycles. The molecule has 1 saturated heterocycles. The molecule has 1 aliphatic rings. The third kappa shape index (κ3) is 3.02. The van der Waals surface area contributed by atoms with E-state index in [1.54, 1.807) is 11.3 Å². The fraction of sp³-hybridized carbons (Fsp3) is 0.571. The van der Waals surface area contributed by atoms with Crippen LogP contribution in [-0.4, -0.2) is 34.5 Å². The van der Waals surface area contributed by atoms with Crippen molar-refractivity contribution < 1.29 is 0 Å².